The van der Waals surface area contributed by atoms with E-state index in [-0.39, 0.29) is 5.91 Å². The van der Waals surface area contributed by atoms with Gasteiger partial charge in [-0.2, -0.15) is 0 Å². The van der Waals surface area contributed by atoms with Crippen LogP contribution in [-0.2, 0) is 4.79 Å². The van der Waals surface area contributed by atoms with Crippen molar-refractivity contribution in [3.05, 3.63) is 30.0 Å². The number of hydrogen-bond acceptors (Lipinski definition) is 4. The normalized spacial score (nSPS) is 10.4. The Balaban J connectivity index is 2.43. The highest BCUT2D eigenvalue weighted by Gasteiger charge is 2.15. The third-order valence-corrected chi connectivity index (χ3v) is 3.78. The van der Waals surface area contributed by atoms with E-state index >= 15 is 0 Å². The van der Waals surface area contributed by atoms with Gasteiger partial charge in [0.05, 0.1) is 11.9 Å². The average Bonchev–Trinajstić information content (AvgIpc) is 2.70. The van der Waals surface area contributed by atoms with Crippen molar-refractivity contribution in [3.8, 4) is 10.6 Å². The third-order valence-electron chi connectivity index (χ3n) is 2.50. The van der Waals surface area contributed by atoms with Gasteiger partial charge in [-0.25, -0.2) is 9.37 Å². The van der Waals surface area contributed by atoms with Crippen LogP contribution in [0.25, 0.3) is 10.6 Å². The van der Waals surface area contributed by atoms with Gasteiger partial charge < -0.3 is 4.90 Å². The lowest BCUT2D eigenvalue weighted by atomic mass is 10.3. The minimum atomic E-state index is -0.401. The Morgan fingerprint density at radius 2 is 2.17 bits per heavy atom. The molecular formula is C12H12FN3OS. The minimum Gasteiger partial charge on any atom is -0.306 e. The summed E-state index contributed by atoms with van der Waals surface area (Å²) in [6.45, 7) is 3.31. The summed E-state index contributed by atoms with van der Waals surface area (Å²) in [7, 11) is 1.69. The maximum atomic E-state index is 13.1. The van der Waals surface area contributed by atoms with Crippen molar-refractivity contribution in [3.63, 3.8) is 0 Å². The molecule has 6 heteroatoms. The third kappa shape index (κ3) is 2.38. The van der Waals surface area contributed by atoms with Gasteiger partial charge in [-0.05, 0) is 13.0 Å². The van der Waals surface area contributed by atoms with E-state index in [2.05, 4.69) is 9.97 Å². The molecule has 0 fully saturated rings. The molecule has 0 aliphatic heterocycles. The molecule has 0 aliphatic carbocycles. The Kier molecular flexibility index (Phi) is 3.38. The zero-order valence-electron chi connectivity index (χ0n) is 10.3. The standard InChI is InChI=1S/C12H12FN3OS/c1-7-12(16(3)8(2)17)18-11(15-7)9-4-10(13)6-14-5-9/h4-6H,1-3H3. The smallest absolute Gasteiger partial charge is 0.224 e. The van der Waals surface area contributed by atoms with Gasteiger partial charge in [0.15, 0.2) is 0 Å². The lowest BCUT2D eigenvalue weighted by Crippen LogP contribution is -2.22. The molecule has 2 aromatic rings. The van der Waals surface area contributed by atoms with Crippen LogP contribution in [0.15, 0.2) is 18.5 Å². The van der Waals surface area contributed by atoms with Crippen LogP contribution < -0.4 is 4.90 Å². The molecule has 0 spiro atoms. The van der Waals surface area contributed by atoms with Crippen molar-refractivity contribution in [1.82, 2.24) is 9.97 Å². The monoisotopic (exact) mass is 265 g/mol. The number of aromatic nitrogens is 2. The van der Waals surface area contributed by atoms with Gasteiger partial charge >= 0.3 is 0 Å². The highest BCUT2D eigenvalue weighted by molar-refractivity contribution is 7.19. The molecule has 0 saturated heterocycles. The van der Waals surface area contributed by atoms with Crippen molar-refractivity contribution in [2.45, 2.75) is 13.8 Å². The van der Waals surface area contributed by atoms with Crippen LogP contribution in [0.2, 0.25) is 0 Å². The molecule has 2 rings (SSSR count). The summed E-state index contributed by atoms with van der Waals surface area (Å²) in [6.07, 6.45) is 2.70. The number of rotatable bonds is 2. The molecule has 0 saturated carbocycles. The molecule has 1 amide bonds. The number of aryl methyl sites for hydroxylation is 1. The Hall–Kier alpha value is -1.82. The van der Waals surface area contributed by atoms with Crippen molar-refractivity contribution < 1.29 is 9.18 Å². The van der Waals surface area contributed by atoms with Gasteiger partial charge in [0.1, 0.15) is 15.8 Å². The van der Waals surface area contributed by atoms with Gasteiger partial charge in [0.2, 0.25) is 5.91 Å². The second kappa shape index (κ2) is 4.81. The number of thiazole rings is 1. The second-order valence-corrected chi connectivity index (χ2v) is 4.86. The number of hydrogen-bond donors (Lipinski definition) is 0. The summed E-state index contributed by atoms with van der Waals surface area (Å²) in [5, 5.41) is 1.42. The van der Waals surface area contributed by atoms with Crippen LogP contribution in [0.4, 0.5) is 9.39 Å². The molecule has 18 heavy (non-hydrogen) atoms. The van der Waals surface area contributed by atoms with Crippen molar-refractivity contribution in [2.24, 2.45) is 0 Å². The summed E-state index contributed by atoms with van der Waals surface area (Å²) in [4.78, 5) is 21.0. The van der Waals surface area contributed by atoms with Crippen LogP contribution in [0.3, 0.4) is 0 Å². The average molecular weight is 265 g/mol. The van der Waals surface area contributed by atoms with Crippen molar-refractivity contribution >= 4 is 22.2 Å². The lowest BCUT2D eigenvalue weighted by Gasteiger charge is -2.12. The van der Waals surface area contributed by atoms with E-state index in [1.54, 1.807) is 13.2 Å². The molecule has 2 heterocycles. The lowest BCUT2D eigenvalue weighted by molar-refractivity contribution is -0.116. The molecule has 94 valence electrons. The first kappa shape index (κ1) is 12.6. The Morgan fingerprint density at radius 3 is 2.78 bits per heavy atom. The largest absolute Gasteiger partial charge is 0.306 e. The quantitative estimate of drug-likeness (QED) is 0.838. The molecule has 0 aromatic carbocycles. The fraction of sp³-hybridized carbons (Fsp3) is 0.250. The summed E-state index contributed by atoms with van der Waals surface area (Å²) >= 11 is 1.35. The number of carbonyl (C=O) groups is 1. The van der Waals surface area contributed by atoms with Crippen LogP contribution in [0, 0.1) is 12.7 Å². The highest BCUT2D eigenvalue weighted by Crippen LogP contribution is 2.33. The molecular weight excluding hydrogens is 253 g/mol. The predicted octanol–water partition coefficient (Wildman–Crippen LogP) is 2.64. The molecule has 4 nitrogen and oxygen atoms in total. The molecule has 0 bridgehead atoms. The fourth-order valence-corrected chi connectivity index (χ4v) is 2.55. The van der Waals surface area contributed by atoms with Gasteiger partial charge in [-0.15, -0.1) is 0 Å². The van der Waals surface area contributed by atoms with E-state index < -0.39 is 5.82 Å². The molecule has 0 radical (unpaired) electrons. The van der Waals surface area contributed by atoms with E-state index in [1.165, 1.54) is 29.2 Å². The molecule has 0 unspecified atom stereocenters. The van der Waals surface area contributed by atoms with Gasteiger partial charge in [0.25, 0.3) is 0 Å². The Labute approximate surface area is 108 Å². The number of amides is 1. The first-order valence-electron chi connectivity index (χ1n) is 5.31. The summed E-state index contributed by atoms with van der Waals surface area (Å²) in [6, 6.07) is 1.38. The molecule has 0 atom stereocenters. The number of carbonyl (C=O) groups excluding carboxylic acids is 1. The number of anilines is 1. The van der Waals surface area contributed by atoms with Crippen LogP contribution in [0.1, 0.15) is 12.6 Å². The van der Waals surface area contributed by atoms with Crippen molar-refractivity contribution in [2.75, 3.05) is 11.9 Å². The molecule has 0 aliphatic rings. The summed E-state index contributed by atoms with van der Waals surface area (Å²) in [5.74, 6) is -0.465. The maximum absolute atomic E-state index is 13.1. The number of nitrogens with zero attached hydrogens (tertiary/aromatic N) is 3. The van der Waals surface area contributed by atoms with Gasteiger partial charge in [-0.3, -0.25) is 9.78 Å². The summed E-state index contributed by atoms with van der Waals surface area (Å²) < 4.78 is 13.1. The first-order valence-corrected chi connectivity index (χ1v) is 6.13. The van der Waals surface area contributed by atoms with Crippen LogP contribution >= 0.6 is 11.3 Å². The minimum absolute atomic E-state index is 0.0642. The fourth-order valence-electron chi connectivity index (χ4n) is 1.49. The zero-order valence-corrected chi connectivity index (χ0v) is 11.1. The van der Waals surface area contributed by atoms with Crippen LogP contribution in [0.5, 0.6) is 0 Å². The predicted molar refractivity (Wildman–Crippen MR) is 69.1 cm³/mol. The topological polar surface area (TPSA) is 46.1 Å². The van der Waals surface area contributed by atoms with E-state index in [0.717, 1.165) is 16.9 Å². The number of halogens is 1. The summed E-state index contributed by atoms with van der Waals surface area (Å²) in [5.41, 5.74) is 1.36. The van der Waals surface area contributed by atoms with Gasteiger partial charge in [-0.1, -0.05) is 11.3 Å². The van der Waals surface area contributed by atoms with E-state index in [0.29, 0.717) is 10.6 Å². The Morgan fingerprint density at radius 1 is 1.44 bits per heavy atom. The second-order valence-electron chi connectivity index (χ2n) is 3.88. The van der Waals surface area contributed by atoms with E-state index in [9.17, 15) is 9.18 Å². The maximum Gasteiger partial charge on any atom is 0.224 e. The zero-order chi connectivity index (χ0) is 13.3. The first-order chi connectivity index (χ1) is 8.49. The van der Waals surface area contributed by atoms with Crippen molar-refractivity contribution in [1.29, 1.82) is 0 Å². The molecule has 2 aromatic heterocycles. The highest BCUT2D eigenvalue weighted by atomic mass is 32.1. The van der Waals surface area contributed by atoms with Gasteiger partial charge in [0, 0.05) is 25.7 Å². The molecule has 0 N–H and O–H groups in total. The van der Waals surface area contributed by atoms with E-state index in [1.807, 2.05) is 6.92 Å². The Bertz CT molecular complexity index is 597. The number of pyridine rings is 1. The SMILES string of the molecule is CC(=O)N(C)c1sc(-c2cncc(F)c2)nc1C. The van der Waals surface area contributed by atoms with E-state index in [4.69, 9.17) is 0 Å². The van der Waals surface area contributed by atoms with Crippen LogP contribution in [-0.4, -0.2) is 22.9 Å².